The third-order valence-corrected chi connectivity index (χ3v) is 5.01. The van der Waals surface area contributed by atoms with Crippen LogP contribution in [0.3, 0.4) is 0 Å². The molecule has 16 heavy (non-hydrogen) atoms. The Morgan fingerprint density at radius 3 is 2.50 bits per heavy atom. The van der Waals surface area contributed by atoms with E-state index in [-0.39, 0.29) is 0 Å². The number of thiophene rings is 1. The highest BCUT2D eigenvalue weighted by molar-refractivity contribution is 7.11. The molecule has 2 rings (SSSR count). The zero-order valence-electron chi connectivity index (χ0n) is 10.5. The summed E-state index contributed by atoms with van der Waals surface area (Å²) in [7, 11) is 0. The highest BCUT2D eigenvalue weighted by Crippen LogP contribution is 2.44. The molecule has 1 heterocycles. The van der Waals surface area contributed by atoms with Gasteiger partial charge in [0.1, 0.15) is 0 Å². The predicted octanol–water partition coefficient (Wildman–Crippen LogP) is 3.63. The van der Waals surface area contributed by atoms with Gasteiger partial charge in [0.15, 0.2) is 0 Å². The Balaban J connectivity index is 1.95. The molecule has 0 bridgehead atoms. The first kappa shape index (κ1) is 12.1. The highest BCUT2D eigenvalue weighted by atomic mass is 32.1. The Hall–Kier alpha value is -0.340. The molecule has 0 atom stereocenters. The largest absolute Gasteiger partial charge is 0.316 e. The molecule has 1 aliphatic carbocycles. The first-order chi connectivity index (χ1) is 7.78. The first-order valence-electron chi connectivity index (χ1n) is 6.56. The Morgan fingerprint density at radius 1 is 1.25 bits per heavy atom. The second kappa shape index (κ2) is 5.33. The van der Waals surface area contributed by atoms with E-state index in [1.54, 1.807) is 4.88 Å². The fraction of sp³-hybridized carbons (Fsp3) is 0.714. The Morgan fingerprint density at radius 2 is 2.00 bits per heavy atom. The second-order valence-corrected chi connectivity index (χ2v) is 6.29. The van der Waals surface area contributed by atoms with Gasteiger partial charge in [0.2, 0.25) is 0 Å². The van der Waals surface area contributed by atoms with E-state index >= 15 is 0 Å². The van der Waals surface area contributed by atoms with Gasteiger partial charge in [0, 0.05) is 16.3 Å². The summed E-state index contributed by atoms with van der Waals surface area (Å²) in [4.78, 5) is 3.13. The van der Waals surface area contributed by atoms with Crippen LogP contribution in [0.15, 0.2) is 12.1 Å². The van der Waals surface area contributed by atoms with E-state index in [1.165, 1.54) is 43.5 Å². The van der Waals surface area contributed by atoms with Crippen LogP contribution in [0.5, 0.6) is 0 Å². The zero-order chi connectivity index (χ0) is 11.4. The summed E-state index contributed by atoms with van der Waals surface area (Å²) in [6.07, 6.45) is 6.74. The lowest BCUT2D eigenvalue weighted by molar-refractivity contribution is 0.132. The number of hydrogen-bond donors (Lipinski definition) is 1. The lowest BCUT2D eigenvalue weighted by Crippen LogP contribution is -2.41. The molecule has 0 aliphatic heterocycles. The van der Waals surface area contributed by atoms with Gasteiger partial charge in [-0.3, -0.25) is 0 Å². The molecule has 1 nitrogen and oxygen atoms in total. The Kier molecular flexibility index (Phi) is 4.04. The Labute approximate surface area is 103 Å². The van der Waals surface area contributed by atoms with E-state index in [4.69, 9.17) is 0 Å². The van der Waals surface area contributed by atoms with Crippen LogP contribution in [-0.2, 0) is 12.8 Å². The summed E-state index contributed by atoms with van der Waals surface area (Å²) < 4.78 is 0. The summed E-state index contributed by atoms with van der Waals surface area (Å²) in [5, 5.41) is 3.54. The molecule has 1 aromatic rings. The lowest BCUT2D eigenvalue weighted by atomic mass is 9.66. The molecule has 90 valence electrons. The molecule has 0 spiro atoms. The molecule has 1 aliphatic rings. The van der Waals surface area contributed by atoms with Crippen molar-refractivity contribution in [2.75, 3.05) is 13.1 Å². The molecule has 1 fully saturated rings. The summed E-state index contributed by atoms with van der Waals surface area (Å²) in [5.74, 6) is 0. The van der Waals surface area contributed by atoms with Crippen molar-refractivity contribution in [1.29, 1.82) is 0 Å². The van der Waals surface area contributed by atoms with Crippen molar-refractivity contribution in [1.82, 2.24) is 5.32 Å². The smallest absolute Gasteiger partial charge is 0.00541 e. The fourth-order valence-corrected chi connectivity index (χ4v) is 3.69. The van der Waals surface area contributed by atoms with Gasteiger partial charge in [-0.25, -0.2) is 0 Å². The van der Waals surface area contributed by atoms with Crippen molar-refractivity contribution in [3.63, 3.8) is 0 Å². The molecule has 0 unspecified atom stereocenters. The minimum atomic E-state index is 0.589. The van der Waals surface area contributed by atoms with E-state index in [0.29, 0.717) is 5.41 Å². The SMILES string of the molecule is CCNCC1(Cc2ccc(CC)s2)CCC1. The minimum Gasteiger partial charge on any atom is -0.316 e. The fourth-order valence-electron chi connectivity index (χ4n) is 2.56. The zero-order valence-corrected chi connectivity index (χ0v) is 11.3. The summed E-state index contributed by atoms with van der Waals surface area (Å²) >= 11 is 2.01. The molecule has 0 radical (unpaired) electrons. The summed E-state index contributed by atoms with van der Waals surface area (Å²) in [6.45, 7) is 6.76. The predicted molar refractivity (Wildman–Crippen MR) is 72.2 cm³/mol. The van der Waals surface area contributed by atoms with E-state index in [1.807, 2.05) is 11.3 Å². The van der Waals surface area contributed by atoms with Gasteiger partial charge >= 0.3 is 0 Å². The van der Waals surface area contributed by atoms with Gasteiger partial charge in [0.05, 0.1) is 0 Å². The maximum absolute atomic E-state index is 3.54. The van der Waals surface area contributed by atoms with Crippen molar-refractivity contribution >= 4 is 11.3 Å². The normalized spacial score (nSPS) is 18.4. The van der Waals surface area contributed by atoms with E-state index in [2.05, 4.69) is 31.3 Å². The third-order valence-electron chi connectivity index (χ3n) is 3.78. The van der Waals surface area contributed by atoms with E-state index in [9.17, 15) is 0 Å². The molecular weight excluding hydrogens is 214 g/mol. The van der Waals surface area contributed by atoms with Gasteiger partial charge in [-0.05, 0) is 49.8 Å². The molecule has 2 heteroatoms. The van der Waals surface area contributed by atoms with E-state index < -0.39 is 0 Å². The summed E-state index contributed by atoms with van der Waals surface area (Å²) in [5.41, 5.74) is 0.589. The van der Waals surface area contributed by atoms with E-state index in [0.717, 1.165) is 6.54 Å². The van der Waals surface area contributed by atoms with Crippen LogP contribution in [0.1, 0.15) is 42.9 Å². The van der Waals surface area contributed by atoms with Gasteiger partial charge in [-0.1, -0.05) is 20.3 Å². The van der Waals surface area contributed by atoms with Crippen molar-refractivity contribution in [3.8, 4) is 0 Å². The summed E-state index contributed by atoms with van der Waals surface area (Å²) in [6, 6.07) is 4.65. The average Bonchev–Trinajstić information content (AvgIpc) is 2.69. The number of nitrogens with one attached hydrogen (secondary N) is 1. The van der Waals surface area contributed by atoms with Crippen molar-refractivity contribution in [2.24, 2.45) is 5.41 Å². The van der Waals surface area contributed by atoms with Crippen LogP contribution in [0.4, 0.5) is 0 Å². The number of rotatable bonds is 6. The maximum Gasteiger partial charge on any atom is 0.00541 e. The van der Waals surface area contributed by atoms with Crippen molar-refractivity contribution < 1.29 is 0 Å². The van der Waals surface area contributed by atoms with Crippen LogP contribution in [-0.4, -0.2) is 13.1 Å². The molecule has 0 amide bonds. The number of aryl methyl sites for hydroxylation is 1. The van der Waals surface area contributed by atoms with Gasteiger partial charge in [-0.15, -0.1) is 11.3 Å². The van der Waals surface area contributed by atoms with Gasteiger partial charge in [0.25, 0.3) is 0 Å². The third kappa shape index (κ3) is 2.67. The van der Waals surface area contributed by atoms with Crippen molar-refractivity contribution in [3.05, 3.63) is 21.9 Å². The topological polar surface area (TPSA) is 12.0 Å². The van der Waals surface area contributed by atoms with Crippen LogP contribution in [0.2, 0.25) is 0 Å². The van der Waals surface area contributed by atoms with Gasteiger partial charge < -0.3 is 5.32 Å². The molecule has 1 saturated carbocycles. The minimum absolute atomic E-state index is 0.589. The molecule has 1 N–H and O–H groups in total. The highest BCUT2D eigenvalue weighted by Gasteiger charge is 2.36. The second-order valence-electron chi connectivity index (χ2n) is 5.03. The lowest BCUT2D eigenvalue weighted by Gasteiger charge is -2.42. The Bertz CT molecular complexity index is 325. The van der Waals surface area contributed by atoms with Crippen LogP contribution in [0, 0.1) is 5.41 Å². The van der Waals surface area contributed by atoms with Crippen LogP contribution >= 0.6 is 11.3 Å². The average molecular weight is 237 g/mol. The van der Waals surface area contributed by atoms with Gasteiger partial charge in [-0.2, -0.15) is 0 Å². The molecular formula is C14H23NS. The quantitative estimate of drug-likeness (QED) is 0.796. The monoisotopic (exact) mass is 237 g/mol. The first-order valence-corrected chi connectivity index (χ1v) is 7.38. The molecule has 1 aromatic heterocycles. The van der Waals surface area contributed by atoms with Crippen molar-refractivity contribution in [2.45, 2.75) is 46.0 Å². The van der Waals surface area contributed by atoms with Crippen LogP contribution in [0.25, 0.3) is 0 Å². The number of hydrogen-bond acceptors (Lipinski definition) is 2. The maximum atomic E-state index is 3.54. The van der Waals surface area contributed by atoms with Crippen LogP contribution < -0.4 is 5.32 Å². The molecule has 0 saturated heterocycles. The molecule has 0 aromatic carbocycles. The standard InChI is InChI=1S/C14H23NS/c1-3-12-6-7-13(16-12)10-14(8-5-9-14)11-15-4-2/h6-7,15H,3-5,8-11H2,1-2H3.